The molecule has 0 spiro atoms. The van der Waals surface area contributed by atoms with E-state index in [0.717, 1.165) is 30.1 Å². The molecular formula is C64H75F4N9O20P2. The number of carbonyl (C=O) groups excluding carboxylic acids is 4. The maximum Gasteiger partial charge on any atom is 0.459 e. The lowest BCUT2D eigenvalue weighted by Gasteiger charge is -2.33. The molecule has 10 atom stereocenters. The van der Waals surface area contributed by atoms with Gasteiger partial charge >= 0.3 is 50.7 Å². The van der Waals surface area contributed by atoms with E-state index in [1.807, 2.05) is 27.7 Å². The molecule has 2 fully saturated rings. The first kappa shape index (κ1) is 74.6. The highest BCUT2D eigenvalue weighted by Gasteiger charge is 2.61. The Morgan fingerprint density at radius 3 is 1.47 bits per heavy atom. The Kier molecular flexibility index (Phi) is 22.7. The van der Waals surface area contributed by atoms with Crippen LogP contribution in [0.25, 0.3) is 0 Å². The molecule has 2 amide bonds. The average molecular weight is 1430 g/mol. The summed E-state index contributed by atoms with van der Waals surface area (Å²) in [4.78, 5) is 83.8. The Labute approximate surface area is 564 Å². The summed E-state index contributed by atoms with van der Waals surface area (Å²) in [5.74, 6) is -9.95. The SMILES string of the molecule is CC(C)OC(=O)[C@@H](C)NP(=O)(OC[C@H]1OC(n2ccc(NC(=O)c3ccc4c(c3)CC(C)(C)O4)nc2=O)C(F)(F)[C@@H]1O)Oc1ccccc1.CC(C)OC(=O)[C@@H](C)NP(=O)(OC[C@H]1OC(n2ccc(NC(=O)c3ccc4c(c3)NC(C)(C)CO4)nc2=O)C(F)(F)[C@@H]1O)Oc1ccccc1. The number of halogens is 4. The summed E-state index contributed by atoms with van der Waals surface area (Å²) in [5.41, 5.74) is -1.30. The summed E-state index contributed by atoms with van der Waals surface area (Å²) in [6, 6.07) is 24.8. The zero-order valence-electron chi connectivity index (χ0n) is 55.1. The summed E-state index contributed by atoms with van der Waals surface area (Å²) in [5, 5.41) is 34.1. The molecular weight excluding hydrogens is 1350 g/mol. The van der Waals surface area contributed by atoms with Crippen LogP contribution in [0.15, 0.2) is 131 Å². The van der Waals surface area contributed by atoms with Crippen molar-refractivity contribution in [3.8, 4) is 23.0 Å². The van der Waals surface area contributed by atoms with Gasteiger partial charge in [-0.15, -0.1) is 0 Å². The van der Waals surface area contributed by atoms with Crippen LogP contribution in [-0.2, 0) is 53.1 Å². The van der Waals surface area contributed by atoms with Gasteiger partial charge in [0.2, 0.25) is 12.5 Å². The van der Waals surface area contributed by atoms with Gasteiger partial charge in [-0.2, -0.15) is 37.7 Å². The minimum Gasteiger partial charge on any atom is -0.489 e. The third kappa shape index (κ3) is 18.4. The Morgan fingerprint density at radius 2 is 1.05 bits per heavy atom. The summed E-state index contributed by atoms with van der Waals surface area (Å²) >= 11 is 0. The molecule has 0 aliphatic carbocycles. The molecule has 6 heterocycles. The molecule has 29 nitrogen and oxygen atoms in total. The van der Waals surface area contributed by atoms with Crippen molar-refractivity contribution in [1.29, 1.82) is 0 Å². The molecule has 0 saturated carbocycles. The van der Waals surface area contributed by atoms with Gasteiger partial charge in [0.25, 0.3) is 11.8 Å². The number of anilines is 3. The Balaban J connectivity index is 0.000000231. The number of para-hydroxylation sites is 2. The number of hydrogen-bond acceptors (Lipinski definition) is 23. The molecule has 4 aromatic carbocycles. The van der Waals surface area contributed by atoms with E-state index in [1.165, 1.54) is 44.2 Å². The molecule has 2 saturated heterocycles. The number of amides is 2. The van der Waals surface area contributed by atoms with Gasteiger partial charge in [0.05, 0.1) is 36.6 Å². The topological polar surface area (TPSA) is 365 Å². The normalized spacial score (nSPS) is 22.4. The van der Waals surface area contributed by atoms with Crippen LogP contribution in [0.4, 0.5) is 34.9 Å². The lowest BCUT2D eigenvalue weighted by Crippen LogP contribution is -2.42. The van der Waals surface area contributed by atoms with Gasteiger partial charge < -0.3 is 63.6 Å². The second kappa shape index (κ2) is 30.1. The van der Waals surface area contributed by atoms with E-state index in [9.17, 15) is 48.1 Å². The number of esters is 2. The number of nitrogens with one attached hydrogen (secondary N) is 5. The van der Waals surface area contributed by atoms with Crippen LogP contribution in [0.1, 0.15) is 108 Å². The van der Waals surface area contributed by atoms with Crippen LogP contribution < -0.4 is 56.0 Å². The minimum atomic E-state index is -4.49. The first-order valence-corrected chi connectivity index (χ1v) is 34.1. The number of aliphatic hydroxyl groups excluding tert-OH is 2. The summed E-state index contributed by atoms with van der Waals surface area (Å²) in [6.07, 6.45) is -11.9. The highest BCUT2D eigenvalue weighted by Crippen LogP contribution is 2.50. The number of rotatable bonds is 24. The van der Waals surface area contributed by atoms with Gasteiger partial charge in [0.15, 0.2) is 12.2 Å². The number of ether oxygens (including phenoxy) is 6. The molecule has 0 bridgehead atoms. The quantitative estimate of drug-likeness (QED) is 0.0170. The molecule has 4 aliphatic heterocycles. The van der Waals surface area contributed by atoms with E-state index in [-0.39, 0.29) is 39.8 Å². The van der Waals surface area contributed by atoms with Gasteiger partial charge in [0, 0.05) is 29.9 Å². The Hall–Kier alpha value is -8.62. The summed E-state index contributed by atoms with van der Waals surface area (Å²) in [6.45, 7) is 15.5. The fourth-order valence-electron chi connectivity index (χ4n) is 10.2. The molecule has 534 valence electrons. The third-order valence-corrected chi connectivity index (χ3v) is 18.2. The Morgan fingerprint density at radius 1 is 0.626 bits per heavy atom. The largest absolute Gasteiger partial charge is 0.489 e. The van der Waals surface area contributed by atoms with Gasteiger partial charge in [-0.3, -0.25) is 37.4 Å². The van der Waals surface area contributed by atoms with Crippen molar-refractivity contribution in [2.45, 2.75) is 160 Å². The minimum absolute atomic E-state index is 0.0647. The molecule has 4 aliphatic rings. The van der Waals surface area contributed by atoms with Crippen LogP contribution in [0.3, 0.4) is 0 Å². The molecule has 2 aromatic heterocycles. The Bertz CT molecular complexity index is 4160. The van der Waals surface area contributed by atoms with Crippen LogP contribution in [0.2, 0.25) is 0 Å². The molecule has 7 N–H and O–H groups in total. The highest BCUT2D eigenvalue weighted by atomic mass is 31.2. The van der Waals surface area contributed by atoms with E-state index >= 15 is 17.6 Å². The lowest BCUT2D eigenvalue weighted by molar-refractivity contribution is -0.150. The number of fused-ring (bicyclic) bond motifs is 2. The fraction of sp³-hybridized carbons (Fsp3) is 0.438. The molecule has 0 radical (unpaired) electrons. The highest BCUT2D eigenvalue weighted by molar-refractivity contribution is 7.52. The van der Waals surface area contributed by atoms with Gasteiger partial charge in [-0.05, 0) is 148 Å². The molecule has 99 heavy (non-hydrogen) atoms. The molecule has 35 heteroatoms. The summed E-state index contributed by atoms with van der Waals surface area (Å²) < 4.78 is 144. The maximum absolute atomic E-state index is 15.4. The third-order valence-electron chi connectivity index (χ3n) is 14.9. The zero-order valence-corrected chi connectivity index (χ0v) is 56.9. The lowest BCUT2D eigenvalue weighted by atomic mass is 10.00. The first-order valence-electron chi connectivity index (χ1n) is 31.0. The monoisotopic (exact) mass is 1430 g/mol. The van der Waals surface area contributed by atoms with Crippen molar-refractivity contribution in [3.05, 3.63) is 159 Å². The number of alkyl halides is 4. The maximum atomic E-state index is 15.4. The van der Waals surface area contributed by atoms with Crippen LogP contribution >= 0.6 is 15.5 Å². The number of benzene rings is 4. The average Bonchev–Trinajstić information content (AvgIpc) is 1.64. The predicted molar refractivity (Wildman–Crippen MR) is 346 cm³/mol. The standard InChI is InChI=1S/C32H38F2N5O10P.C32H37F2N4O10P/c1-18(2)47-28(42)19(3)38-50(44,49-21-9-7-6-8-10-21)46-16-24-26(40)32(33,34)29(48-24)39-14-13-25(36-30(39)43)35-27(41)20-11-12-23-22(15-20)37-31(4,5)17-45-23;1-18(2)45-28(41)19(3)37-49(43,48-22-9-7-6-8-10-22)44-17-24-26(39)32(33,34)29(46-24)38-14-13-25(36-30(38)42)35-27(40)20-11-12-23-21(15-20)16-31(4,5)47-23/h6-15,18-19,24,26,29,37,40H,16-17H2,1-5H3,(H,38,44)(H,35,36,41,43);6-15,18-19,24,26,29,39H,16-17H2,1-5H3,(H,37,43)(H,35,36,40,42)/t19-,24-,26-,29?,50?;19-,24-,26-,29?,49?/m11/s1. The predicted octanol–water partition coefficient (Wildman–Crippen LogP) is 8.34. The van der Waals surface area contributed by atoms with Crippen LogP contribution in [0, 0.1) is 0 Å². The number of aliphatic hydroxyl groups is 2. The second-order valence-corrected chi connectivity index (χ2v) is 28.5. The van der Waals surface area contributed by atoms with E-state index in [2.05, 4.69) is 36.1 Å². The molecule has 6 aromatic rings. The van der Waals surface area contributed by atoms with Crippen LogP contribution in [-0.4, -0.2) is 145 Å². The van der Waals surface area contributed by atoms with E-state index in [4.69, 9.17) is 46.5 Å². The number of carbonyl (C=O) groups is 4. The second-order valence-electron chi connectivity index (χ2n) is 25.1. The van der Waals surface area contributed by atoms with Gasteiger partial charge in [0.1, 0.15) is 71.1 Å². The van der Waals surface area contributed by atoms with Gasteiger partial charge in [-0.25, -0.2) is 18.7 Å². The van der Waals surface area contributed by atoms with Crippen molar-refractivity contribution in [1.82, 2.24) is 29.3 Å². The van der Waals surface area contributed by atoms with Crippen LogP contribution in [0.5, 0.6) is 23.0 Å². The van der Waals surface area contributed by atoms with E-state index in [0.29, 0.717) is 39.3 Å². The van der Waals surface area contributed by atoms with Crippen molar-refractivity contribution < 1.29 is 103 Å². The van der Waals surface area contributed by atoms with Crippen molar-refractivity contribution in [2.24, 2.45) is 0 Å². The zero-order chi connectivity index (χ0) is 72.2. The van der Waals surface area contributed by atoms with Crippen molar-refractivity contribution in [2.75, 3.05) is 35.8 Å². The van der Waals surface area contributed by atoms with E-state index < -0.39 is 142 Å². The van der Waals surface area contributed by atoms with Crippen molar-refractivity contribution in [3.63, 3.8) is 0 Å². The van der Waals surface area contributed by atoms with Crippen molar-refractivity contribution >= 4 is 56.6 Å². The smallest absolute Gasteiger partial charge is 0.459 e. The van der Waals surface area contributed by atoms with Gasteiger partial charge in [-0.1, -0.05) is 36.4 Å². The fourth-order valence-corrected chi connectivity index (χ4v) is 13.2. The summed E-state index contributed by atoms with van der Waals surface area (Å²) in [7, 11) is -8.98. The number of aromatic nitrogens is 4. The molecule has 10 rings (SSSR count). The first-order chi connectivity index (χ1) is 46.4. The number of nitrogens with zero attached hydrogens (tertiary/aromatic N) is 4. The number of hydrogen-bond donors (Lipinski definition) is 7. The van der Waals surface area contributed by atoms with E-state index in [1.54, 1.807) is 94.4 Å². The molecule has 4 unspecified atom stereocenters.